The number of hydrogen-bond acceptors (Lipinski definition) is 1. The molecule has 2 nitrogen and oxygen atoms in total. The average molecular weight is 212 g/mol. The van der Waals surface area contributed by atoms with Crippen molar-refractivity contribution >= 4 is 11.6 Å². The van der Waals surface area contributed by atoms with Crippen molar-refractivity contribution in [3.05, 3.63) is 35.1 Å². The normalized spacial score (nSPS) is 20.6. The van der Waals surface area contributed by atoms with Gasteiger partial charge in [-0.2, -0.15) is 0 Å². The quantitative estimate of drug-likeness (QED) is 0.800. The SMILES string of the molecule is C=C(Cl)Cn1cc2c(c1)C(O)CCC2. The van der Waals surface area contributed by atoms with Crippen LogP contribution in [0.3, 0.4) is 0 Å². The van der Waals surface area contributed by atoms with E-state index < -0.39 is 0 Å². The van der Waals surface area contributed by atoms with Crippen LogP contribution in [0.5, 0.6) is 0 Å². The lowest BCUT2D eigenvalue weighted by atomic mass is 9.93. The lowest BCUT2D eigenvalue weighted by molar-refractivity contribution is 0.157. The summed E-state index contributed by atoms with van der Waals surface area (Å²) in [6, 6.07) is 0. The standard InChI is InChI=1S/C11H14ClNO/c1-8(12)5-13-6-9-3-2-4-11(14)10(9)7-13/h6-7,11,14H,1-5H2. The molecule has 1 unspecified atom stereocenters. The summed E-state index contributed by atoms with van der Waals surface area (Å²) in [6.45, 7) is 4.28. The Hall–Kier alpha value is -0.730. The molecule has 0 amide bonds. The number of nitrogens with zero attached hydrogens (tertiary/aromatic N) is 1. The molecule has 1 aromatic rings. The number of aliphatic hydroxyl groups is 1. The predicted octanol–water partition coefficient (Wildman–Crippen LogP) is 2.61. The number of hydrogen-bond donors (Lipinski definition) is 1. The lowest BCUT2D eigenvalue weighted by Crippen LogP contribution is -2.05. The van der Waals surface area contributed by atoms with Gasteiger partial charge in [0.1, 0.15) is 0 Å². The zero-order valence-electron chi connectivity index (χ0n) is 8.04. The second-order valence-corrected chi connectivity index (χ2v) is 4.37. The van der Waals surface area contributed by atoms with Crippen LogP contribution in [-0.4, -0.2) is 9.67 Å². The van der Waals surface area contributed by atoms with E-state index in [0.29, 0.717) is 11.6 Å². The highest BCUT2D eigenvalue weighted by atomic mass is 35.5. The minimum Gasteiger partial charge on any atom is -0.388 e. The summed E-state index contributed by atoms with van der Waals surface area (Å²) < 4.78 is 1.99. The highest BCUT2D eigenvalue weighted by Crippen LogP contribution is 2.30. The van der Waals surface area contributed by atoms with E-state index in [1.54, 1.807) is 0 Å². The van der Waals surface area contributed by atoms with Gasteiger partial charge in [-0.15, -0.1) is 0 Å². The van der Waals surface area contributed by atoms with Gasteiger partial charge in [-0.05, 0) is 24.8 Å². The van der Waals surface area contributed by atoms with Gasteiger partial charge in [-0.3, -0.25) is 0 Å². The minimum atomic E-state index is -0.288. The van der Waals surface area contributed by atoms with Crippen LogP contribution in [-0.2, 0) is 13.0 Å². The average Bonchev–Trinajstić information content (AvgIpc) is 2.47. The maximum atomic E-state index is 9.74. The van der Waals surface area contributed by atoms with E-state index in [4.69, 9.17) is 11.6 Å². The summed E-state index contributed by atoms with van der Waals surface area (Å²) in [4.78, 5) is 0. The summed E-state index contributed by atoms with van der Waals surface area (Å²) in [5.74, 6) is 0. The molecular formula is C11H14ClNO. The van der Waals surface area contributed by atoms with Crippen LogP contribution in [0, 0.1) is 0 Å². The number of allylic oxidation sites excluding steroid dienone is 1. The van der Waals surface area contributed by atoms with Gasteiger partial charge < -0.3 is 9.67 Å². The molecule has 0 spiro atoms. The molecule has 1 aromatic heterocycles. The molecule has 0 bridgehead atoms. The van der Waals surface area contributed by atoms with Crippen LogP contribution >= 0.6 is 11.6 Å². The van der Waals surface area contributed by atoms with Crippen LogP contribution in [0.25, 0.3) is 0 Å². The summed E-state index contributed by atoms with van der Waals surface area (Å²) in [5, 5.41) is 10.4. The third kappa shape index (κ3) is 1.86. The molecule has 0 aromatic carbocycles. The van der Waals surface area contributed by atoms with Crippen LogP contribution in [0.1, 0.15) is 30.1 Å². The number of rotatable bonds is 2. The van der Waals surface area contributed by atoms with E-state index in [1.165, 1.54) is 5.56 Å². The van der Waals surface area contributed by atoms with E-state index in [0.717, 1.165) is 24.8 Å². The summed E-state index contributed by atoms with van der Waals surface area (Å²) >= 11 is 5.73. The van der Waals surface area contributed by atoms with Gasteiger partial charge in [0.2, 0.25) is 0 Å². The fraction of sp³-hybridized carbons (Fsp3) is 0.455. The molecule has 76 valence electrons. The van der Waals surface area contributed by atoms with E-state index >= 15 is 0 Å². The number of aromatic nitrogens is 1. The lowest BCUT2D eigenvalue weighted by Gasteiger charge is -2.16. The zero-order valence-corrected chi connectivity index (χ0v) is 8.80. The van der Waals surface area contributed by atoms with E-state index in [1.807, 2.05) is 10.8 Å². The molecule has 14 heavy (non-hydrogen) atoms. The first kappa shape index (κ1) is 9.81. The molecule has 1 atom stereocenters. The van der Waals surface area contributed by atoms with Crippen molar-refractivity contribution in [2.45, 2.75) is 31.9 Å². The first-order valence-electron chi connectivity index (χ1n) is 4.86. The molecule has 0 fully saturated rings. The van der Waals surface area contributed by atoms with Gasteiger partial charge in [-0.1, -0.05) is 18.2 Å². The summed E-state index contributed by atoms with van der Waals surface area (Å²) in [6.07, 6.45) is 6.76. The first-order chi connectivity index (χ1) is 6.66. The highest BCUT2D eigenvalue weighted by molar-refractivity contribution is 6.29. The van der Waals surface area contributed by atoms with E-state index in [9.17, 15) is 5.11 Å². The van der Waals surface area contributed by atoms with Gasteiger partial charge >= 0.3 is 0 Å². The van der Waals surface area contributed by atoms with Crippen LogP contribution in [0.2, 0.25) is 0 Å². The Balaban J connectivity index is 2.26. The van der Waals surface area contributed by atoms with Crippen molar-refractivity contribution in [1.29, 1.82) is 0 Å². The van der Waals surface area contributed by atoms with Gasteiger partial charge in [0.25, 0.3) is 0 Å². The monoisotopic (exact) mass is 211 g/mol. The minimum absolute atomic E-state index is 0.288. The third-order valence-corrected chi connectivity index (χ3v) is 2.75. The Kier molecular flexibility index (Phi) is 2.66. The molecule has 0 saturated heterocycles. The number of aryl methyl sites for hydroxylation is 1. The Morgan fingerprint density at radius 2 is 2.43 bits per heavy atom. The van der Waals surface area contributed by atoms with Crippen molar-refractivity contribution in [2.24, 2.45) is 0 Å². The van der Waals surface area contributed by atoms with Crippen LogP contribution < -0.4 is 0 Å². The Bertz CT molecular complexity index is 356. The van der Waals surface area contributed by atoms with Crippen LogP contribution in [0.4, 0.5) is 0 Å². The van der Waals surface area contributed by atoms with Crippen molar-refractivity contribution in [2.75, 3.05) is 0 Å². The topological polar surface area (TPSA) is 25.2 Å². The molecular weight excluding hydrogens is 198 g/mol. The fourth-order valence-electron chi connectivity index (χ4n) is 2.01. The Labute approximate surface area is 88.8 Å². The number of aliphatic hydroxyl groups excluding tert-OH is 1. The second kappa shape index (κ2) is 3.79. The van der Waals surface area contributed by atoms with Crippen molar-refractivity contribution in [3.8, 4) is 0 Å². The molecule has 0 saturated carbocycles. The van der Waals surface area contributed by atoms with E-state index in [-0.39, 0.29) is 6.10 Å². The molecule has 1 aliphatic carbocycles. The Morgan fingerprint density at radius 3 is 3.07 bits per heavy atom. The zero-order chi connectivity index (χ0) is 10.1. The fourth-order valence-corrected chi connectivity index (χ4v) is 2.15. The summed E-state index contributed by atoms with van der Waals surface area (Å²) in [5.41, 5.74) is 2.32. The molecule has 3 heteroatoms. The maximum absolute atomic E-state index is 9.74. The van der Waals surface area contributed by atoms with Gasteiger partial charge in [0, 0.05) is 23.0 Å². The molecule has 1 N–H and O–H groups in total. The predicted molar refractivity (Wildman–Crippen MR) is 57.3 cm³/mol. The third-order valence-electron chi connectivity index (χ3n) is 2.63. The second-order valence-electron chi connectivity index (χ2n) is 3.84. The largest absolute Gasteiger partial charge is 0.388 e. The summed E-state index contributed by atoms with van der Waals surface area (Å²) in [7, 11) is 0. The molecule has 1 heterocycles. The van der Waals surface area contributed by atoms with Crippen molar-refractivity contribution in [3.63, 3.8) is 0 Å². The van der Waals surface area contributed by atoms with E-state index in [2.05, 4.69) is 12.8 Å². The number of halogens is 1. The molecule has 2 rings (SSSR count). The maximum Gasteiger partial charge on any atom is 0.0807 e. The van der Waals surface area contributed by atoms with Crippen LogP contribution in [0.15, 0.2) is 24.0 Å². The molecule has 0 aliphatic heterocycles. The molecule has 0 radical (unpaired) electrons. The number of fused-ring (bicyclic) bond motifs is 1. The van der Waals surface area contributed by atoms with Gasteiger partial charge in [0.15, 0.2) is 0 Å². The molecule has 1 aliphatic rings. The highest BCUT2D eigenvalue weighted by Gasteiger charge is 2.19. The Morgan fingerprint density at radius 1 is 1.64 bits per heavy atom. The van der Waals surface area contributed by atoms with Gasteiger partial charge in [-0.25, -0.2) is 0 Å². The van der Waals surface area contributed by atoms with Crippen molar-refractivity contribution < 1.29 is 5.11 Å². The first-order valence-corrected chi connectivity index (χ1v) is 5.24. The smallest absolute Gasteiger partial charge is 0.0807 e. The van der Waals surface area contributed by atoms with Gasteiger partial charge in [0.05, 0.1) is 12.6 Å². The van der Waals surface area contributed by atoms with Crippen molar-refractivity contribution in [1.82, 2.24) is 4.57 Å².